The predicted molar refractivity (Wildman–Crippen MR) is 80.0 cm³/mol. The maximum atomic E-state index is 11.6. The normalized spacial score (nSPS) is 11.0. The molecule has 1 N–H and O–H groups in total. The molecular weight excluding hydrogens is 266 g/mol. The smallest absolute Gasteiger partial charge is 0.339 e. The zero-order valence-corrected chi connectivity index (χ0v) is 12.1. The van der Waals surface area contributed by atoms with Gasteiger partial charge in [0.2, 0.25) is 0 Å². The van der Waals surface area contributed by atoms with E-state index in [0.29, 0.717) is 5.82 Å². The van der Waals surface area contributed by atoms with Crippen molar-refractivity contribution < 1.29 is 9.90 Å². The van der Waals surface area contributed by atoms with E-state index in [0.717, 1.165) is 27.9 Å². The van der Waals surface area contributed by atoms with Crippen LogP contribution in [-0.2, 0) is 0 Å². The summed E-state index contributed by atoms with van der Waals surface area (Å²) < 4.78 is 1.61. The number of nitrogens with zero attached hydrogens (tertiary/aromatic N) is 3. The van der Waals surface area contributed by atoms with Gasteiger partial charge in [0.05, 0.1) is 11.2 Å². The van der Waals surface area contributed by atoms with Gasteiger partial charge in [-0.25, -0.2) is 14.5 Å². The minimum atomic E-state index is -1.01. The summed E-state index contributed by atoms with van der Waals surface area (Å²) in [5.74, 6) is -0.650. The molecule has 0 aliphatic heterocycles. The Morgan fingerprint density at radius 3 is 2.52 bits per heavy atom. The second-order valence-electron chi connectivity index (χ2n) is 5.07. The summed E-state index contributed by atoms with van der Waals surface area (Å²) in [7, 11) is 0. The molecule has 0 bridgehead atoms. The quantitative estimate of drug-likeness (QED) is 0.784. The van der Waals surface area contributed by atoms with E-state index in [-0.39, 0.29) is 5.56 Å². The number of aryl methyl sites for hydroxylation is 1. The molecule has 0 saturated heterocycles. The number of rotatable bonds is 2. The van der Waals surface area contributed by atoms with Gasteiger partial charge in [0, 0.05) is 11.1 Å². The summed E-state index contributed by atoms with van der Waals surface area (Å²) in [5, 5.41) is 14.7. The van der Waals surface area contributed by atoms with E-state index in [1.165, 1.54) is 0 Å². The highest BCUT2D eigenvalue weighted by Crippen LogP contribution is 2.22. The maximum absolute atomic E-state index is 11.6. The van der Waals surface area contributed by atoms with Crippen molar-refractivity contribution in [2.24, 2.45) is 0 Å². The topological polar surface area (TPSA) is 68.0 Å². The Balaban J connectivity index is 2.36. The van der Waals surface area contributed by atoms with Gasteiger partial charge < -0.3 is 5.11 Å². The number of hydrogen-bond acceptors (Lipinski definition) is 3. The lowest BCUT2D eigenvalue weighted by molar-refractivity contribution is 0.0696. The average molecular weight is 281 g/mol. The molecule has 0 radical (unpaired) electrons. The van der Waals surface area contributed by atoms with Crippen molar-refractivity contribution in [1.29, 1.82) is 0 Å². The fourth-order valence-electron chi connectivity index (χ4n) is 2.35. The number of benzene rings is 1. The summed E-state index contributed by atoms with van der Waals surface area (Å²) in [5.41, 5.74) is 3.72. The van der Waals surface area contributed by atoms with Crippen LogP contribution in [0.15, 0.2) is 30.3 Å². The van der Waals surface area contributed by atoms with Gasteiger partial charge in [-0.3, -0.25) is 0 Å². The SMILES string of the molecule is Cc1nn(-c2nc3ccccc3cc2C(=O)O)c(C)c1C. The van der Waals surface area contributed by atoms with Crippen LogP contribution in [0.3, 0.4) is 0 Å². The molecule has 2 heterocycles. The van der Waals surface area contributed by atoms with Crippen molar-refractivity contribution in [2.75, 3.05) is 0 Å². The number of aromatic nitrogens is 3. The van der Waals surface area contributed by atoms with Crippen molar-refractivity contribution >= 4 is 16.9 Å². The van der Waals surface area contributed by atoms with E-state index in [1.807, 2.05) is 45.0 Å². The molecule has 21 heavy (non-hydrogen) atoms. The first-order valence-corrected chi connectivity index (χ1v) is 6.65. The van der Waals surface area contributed by atoms with Crippen LogP contribution in [0, 0.1) is 20.8 Å². The second-order valence-corrected chi connectivity index (χ2v) is 5.07. The molecular formula is C16H15N3O2. The Kier molecular flexibility index (Phi) is 2.97. The van der Waals surface area contributed by atoms with Gasteiger partial charge in [-0.1, -0.05) is 18.2 Å². The minimum Gasteiger partial charge on any atom is -0.478 e. The van der Waals surface area contributed by atoms with Crippen molar-refractivity contribution in [3.05, 3.63) is 52.8 Å². The van der Waals surface area contributed by atoms with Crippen molar-refractivity contribution in [1.82, 2.24) is 14.8 Å². The number of hydrogen-bond donors (Lipinski definition) is 1. The van der Waals surface area contributed by atoms with E-state index in [1.54, 1.807) is 10.7 Å². The molecule has 2 aromatic heterocycles. The Hall–Kier alpha value is -2.69. The molecule has 1 aromatic carbocycles. The third-order valence-corrected chi connectivity index (χ3v) is 3.79. The molecule has 5 heteroatoms. The van der Waals surface area contributed by atoms with E-state index in [4.69, 9.17) is 0 Å². The first-order chi connectivity index (χ1) is 9.99. The summed E-state index contributed by atoms with van der Waals surface area (Å²) in [4.78, 5) is 16.1. The number of carbonyl (C=O) groups is 1. The van der Waals surface area contributed by atoms with Crippen LogP contribution < -0.4 is 0 Å². The van der Waals surface area contributed by atoms with Gasteiger partial charge in [0.1, 0.15) is 5.56 Å². The van der Waals surface area contributed by atoms with Crippen molar-refractivity contribution in [3.8, 4) is 5.82 Å². The van der Waals surface area contributed by atoms with Gasteiger partial charge in [0.15, 0.2) is 5.82 Å². The van der Waals surface area contributed by atoms with Gasteiger partial charge in [-0.05, 0) is 38.5 Å². The summed E-state index contributed by atoms with van der Waals surface area (Å²) in [6, 6.07) is 9.11. The van der Waals surface area contributed by atoms with Crippen molar-refractivity contribution in [3.63, 3.8) is 0 Å². The highest BCUT2D eigenvalue weighted by atomic mass is 16.4. The Morgan fingerprint density at radius 1 is 1.19 bits per heavy atom. The van der Waals surface area contributed by atoms with Crippen LogP contribution in [0.4, 0.5) is 0 Å². The zero-order valence-electron chi connectivity index (χ0n) is 12.1. The molecule has 5 nitrogen and oxygen atoms in total. The highest BCUT2D eigenvalue weighted by Gasteiger charge is 2.18. The minimum absolute atomic E-state index is 0.152. The standard InChI is InChI=1S/C16H15N3O2/c1-9-10(2)18-19(11(9)3)15-13(16(20)21)8-12-6-4-5-7-14(12)17-15/h4-8H,1-3H3,(H,20,21). The maximum Gasteiger partial charge on any atom is 0.339 e. The molecule has 0 spiro atoms. The zero-order chi connectivity index (χ0) is 15.1. The first kappa shape index (κ1) is 13.3. The number of pyridine rings is 1. The molecule has 0 aliphatic rings. The Morgan fingerprint density at radius 2 is 1.90 bits per heavy atom. The third kappa shape index (κ3) is 2.07. The molecule has 0 aliphatic carbocycles. The molecule has 3 aromatic rings. The van der Waals surface area contributed by atoms with Gasteiger partial charge in [-0.15, -0.1) is 0 Å². The second kappa shape index (κ2) is 4.70. The van der Waals surface area contributed by atoms with E-state index >= 15 is 0 Å². The fourth-order valence-corrected chi connectivity index (χ4v) is 2.35. The van der Waals surface area contributed by atoms with Gasteiger partial charge >= 0.3 is 5.97 Å². The average Bonchev–Trinajstić information content (AvgIpc) is 2.73. The van der Waals surface area contributed by atoms with Crippen LogP contribution in [0.5, 0.6) is 0 Å². The highest BCUT2D eigenvalue weighted by molar-refractivity contribution is 5.96. The van der Waals surface area contributed by atoms with Gasteiger partial charge in [0.25, 0.3) is 0 Å². The number of carboxylic acids is 1. The number of fused-ring (bicyclic) bond motifs is 1. The summed E-state index contributed by atoms with van der Waals surface area (Å²) in [6.45, 7) is 5.79. The fraction of sp³-hybridized carbons (Fsp3) is 0.188. The van der Waals surface area contributed by atoms with Crippen LogP contribution in [0.2, 0.25) is 0 Å². The van der Waals surface area contributed by atoms with E-state index in [2.05, 4.69) is 10.1 Å². The molecule has 0 atom stereocenters. The molecule has 106 valence electrons. The van der Waals surface area contributed by atoms with Crippen LogP contribution >= 0.6 is 0 Å². The largest absolute Gasteiger partial charge is 0.478 e. The number of para-hydroxylation sites is 1. The molecule has 0 unspecified atom stereocenters. The van der Waals surface area contributed by atoms with Crippen LogP contribution in [0.1, 0.15) is 27.3 Å². The Labute approximate surface area is 121 Å². The number of carboxylic acid groups (broad SMARTS) is 1. The predicted octanol–water partition coefficient (Wildman–Crippen LogP) is 3.04. The lowest BCUT2D eigenvalue weighted by Gasteiger charge is -2.09. The third-order valence-electron chi connectivity index (χ3n) is 3.79. The van der Waals surface area contributed by atoms with Crippen LogP contribution in [-0.4, -0.2) is 25.8 Å². The monoisotopic (exact) mass is 281 g/mol. The van der Waals surface area contributed by atoms with E-state index in [9.17, 15) is 9.90 Å². The van der Waals surface area contributed by atoms with E-state index < -0.39 is 5.97 Å². The van der Waals surface area contributed by atoms with Crippen LogP contribution in [0.25, 0.3) is 16.7 Å². The lowest BCUT2D eigenvalue weighted by Crippen LogP contribution is -2.10. The van der Waals surface area contributed by atoms with Crippen molar-refractivity contribution in [2.45, 2.75) is 20.8 Å². The molecule has 0 fully saturated rings. The molecule has 0 saturated carbocycles. The lowest BCUT2D eigenvalue weighted by atomic mass is 10.1. The first-order valence-electron chi connectivity index (χ1n) is 6.65. The Bertz CT molecular complexity index is 865. The van der Waals surface area contributed by atoms with Gasteiger partial charge in [-0.2, -0.15) is 5.10 Å². The summed E-state index contributed by atoms with van der Waals surface area (Å²) in [6.07, 6.45) is 0. The summed E-state index contributed by atoms with van der Waals surface area (Å²) >= 11 is 0. The molecule has 0 amide bonds. The number of aromatic carboxylic acids is 1. The molecule has 3 rings (SSSR count).